The molecule has 2 aromatic rings. The minimum Gasteiger partial charge on any atom is -0.387 e. The SMILES string of the molecule is CCCOCC(=O)NC[C@@H](O)c1ccc2ccccc2c1. The predicted molar refractivity (Wildman–Crippen MR) is 83.0 cm³/mol. The molecular formula is C17H21NO3. The van der Waals surface area contributed by atoms with Gasteiger partial charge in [-0.25, -0.2) is 0 Å². The molecule has 0 aliphatic heterocycles. The van der Waals surface area contributed by atoms with Crippen molar-refractivity contribution in [3.05, 3.63) is 48.0 Å². The summed E-state index contributed by atoms with van der Waals surface area (Å²) in [6.45, 7) is 2.78. The van der Waals surface area contributed by atoms with Gasteiger partial charge in [-0.1, -0.05) is 43.3 Å². The number of amides is 1. The first-order chi connectivity index (χ1) is 10.2. The van der Waals surface area contributed by atoms with E-state index in [1.165, 1.54) is 0 Å². The Morgan fingerprint density at radius 2 is 2.00 bits per heavy atom. The van der Waals surface area contributed by atoms with E-state index in [0.29, 0.717) is 6.61 Å². The molecule has 0 aromatic heterocycles. The van der Waals surface area contributed by atoms with Crippen molar-refractivity contribution in [1.82, 2.24) is 5.32 Å². The van der Waals surface area contributed by atoms with Crippen LogP contribution in [0.3, 0.4) is 0 Å². The molecule has 1 atom stereocenters. The topological polar surface area (TPSA) is 58.6 Å². The van der Waals surface area contributed by atoms with Gasteiger partial charge in [0, 0.05) is 13.2 Å². The summed E-state index contributed by atoms with van der Waals surface area (Å²) in [4.78, 5) is 11.5. The zero-order valence-electron chi connectivity index (χ0n) is 12.2. The summed E-state index contributed by atoms with van der Waals surface area (Å²) in [6.07, 6.45) is 0.164. The Hall–Kier alpha value is -1.91. The number of nitrogens with one attached hydrogen (secondary N) is 1. The second kappa shape index (κ2) is 7.76. The molecule has 21 heavy (non-hydrogen) atoms. The fraction of sp³-hybridized carbons (Fsp3) is 0.353. The van der Waals surface area contributed by atoms with Gasteiger partial charge < -0.3 is 15.2 Å². The second-order valence-electron chi connectivity index (χ2n) is 4.98. The van der Waals surface area contributed by atoms with Crippen LogP contribution >= 0.6 is 0 Å². The maximum Gasteiger partial charge on any atom is 0.246 e. The van der Waals surface area contributed by atoms with Gasteiger partial charge >= 0.3 is 0 Å². The fourth-order valence-electron chi connectivity index (χ4n) is 2.10. The number of hydrogen-bond acceptors (Lipinski definition) is 3. The number of rotatable bonds is 7. The molecule has 2 N–H and O–H groups in total. The lowest BCUT2D eigenvalue weighted by Gasteiger charge is -2.13. The highest BCUT2D eigenvalue weighted by atomic mass is 16.5. The maximum atomic E-state index is 11.5. The Bertz CT molecular complexity index is 597. The second-order valence-corrected chi connectivity index (χ2v) is 4.98. The van der Waals surface area contributed by atoms with Crippen molar-refractivity contribution in [2.75, 3.05) is 19.8 Å². The number of hydrogen-bond donors (Lipinski definition) is 2. The molecule has 4 nitrogen and oxygen atoms in total. The van der Waals surface area contributed by atoms with Gasteiger partial charge in [-0.2, -0.15) is 0 Å². The van der Waals surface area contributed by atoms with Crippen molar-refractivity contribution >= 4 is 16.7 Å². The predicted octanol–water partition coefficient (Wildman–Crippen LogP) is 2.42. The van der Waals surface area contributed by atoms with Crippen LogP contribution in [-0.4, -0.2) is 30.8 Å². The summed E-state index contributed by atoms with van der Waals surface area (Å²) in [7, 11) is 0. The van der Waals surface area contributed by atoms with Crippen LogP contribution in [0.5, 0.6) is 0 Å². The molecule has 0 aliphatic rings. The van der Waals surface area contributed by atoms with Gasteiger partial charge in [0.1, 0.15) is 6.61 Å². The third-order valence-corrected chi connectivity index (χ3v) is 3.23. The monoisotopic (exact) mass is 287 g/mol. The van der Waals surface area contributed by atoms with Gasteiger partial charge in [0.05, 0.1) is 6.10 Å². The van der Waals surface area contributed by atoms with E-state index in [-0.39, 0.29) is 19.1 Å². The third kappa shape index (κ3) is 4.55. The van der Waals surface area contributed by atoms with E-state index in [9.17, 15) is 9.90 Å². The third-order valence-electron chi connectivity index (χ3n) is 3.23. The normalized spacial score (nSPS) is 12.3. The summed E-state index contributed by atoms with van der Waals surface area (Å²) < 4.78 is 5.15. The van der Waals surface area contributed by atoms with Crippen molar-refractivity contribution < 1.29 is 14.6 Å². The van der Waals surface area contributed by atoms with Crippen LogP contribution in [0.4, 0.5) is 0 Å². The van der Waals surface area contributed by atoms with E-state index in [0.717, 1.165) is 22.8 Å². The smallest absolute Gasteiger partial charge is 0.246 e. The molecular weight excluding hydrogens is 266 g/mol. The molecule has 0 aliphatic carbocycles. The van der Waals surface area contributed by atoms with E-state index >= 15 is 0 Å². The number of fused-ring (bicyclic) bond motifs is 1. The minimum atomic E-state index is -0.718. The molecule has 4 heteroatoms. The van der Waals surface area contributed by atoms with Gasteiger partial charge in [0.2, 0.25) is 5.91 Å². The Morgan fingerprint density at radius 1 is 1.24 bits per heavy atom. The number of carbonyl (C=O) groups is 1. The summed E-state index contributed by atoms with van der Waals surface area (Å²) in [6, 6.07) is 13.8. The van der Waals surface area contributed by atoms with Gasteiger partial charge in [0.15, 0.2) is 0 Å². The Morgan fingerprint density at radius 3 is 2.76 bits per heavy atom. The minimum absolute atomic E-state index is 0.0400. The Kier molecular flexibility index (Phi) is 5.72. The fourth-order valence-corrected chi connectivity index (χ4v) is 2.10. The van der Waals surface area contributed by atoms with E-state index in [1.807, 2.05) is 49.4 Å². The lowest BCUT2D eigenvalue weighted by atomic mass is 10.0. The summed E-state index contributed by atoms with van der Waals surface area (Å²) >= 11 is 0. The van der Waals surface area contributed by atoms with E-state index in [1.54, 1.807) is 0 Å². The highest BCUT2D eigenvalue weighted by Gasteiger charge is 2.10. The molecule has 1 amide bonds. The van der Waals surface area contributed by atoms with Gasteiger partial charge in [-0.3, -0.25) is 4.79 Å². The number of benzene rings is 2. The maximum absolute atomic E-state index is 11.5. The van der Waals surface area contributed by atoms with Crippen LogP contribution in [0.1, 0.15) is 25.0 Å². The van der Waals surface area contributed by atoms with Crippen molar-refractivity contribution in [1.29, 1.82) is 0 Å². The largest absolute Gasteiger partial charge is 0.387 e. The highest BCUT2D eigenvalue weighted by molar-refractivity contribution is 5.83. The lowest BCUT2D eigenvalue weighted by molar-refractivity contribution is -0.126. The van der Waals surface area contributed by atoms with Gasteiger partial charge in [-0.15, -0.1) is 0 Å². The van der Waals surface area contributed by atoms with Crippen LogP contribution in [0, 0.1) is 0 Å². The average molecular weight is 287 g/mol. The molecule has 0 spiro atoms. The zero-order chi connectivity index (χ0) is 15.1. The molecule has 0 saturated carbocycles. The van der Waals surface area contributed by atoms with Crippen molar-refractivity contribution in [3.8, 4) is 0 Å². The Labute approximate surface area is 124 Å². The molecule has 0 saturated heterocycles. The van der Waals surface area contributed by atoms with Crippen molar-refractivity contribution in [3.63, 3.8) is 0 Å². The number of aliphatic hydroxyl groups excluding tert-OH is 1. The lowest BCUT2D eigenvalue weighted by Crippen LogP contribution is -2.31. The molecule has 0 bridgehead atoms. The average Bonchev–Trinajstić information content (AvgIpc) is 2.52. The van der Waals surface area contributed by atoms with Crippen molar-refractivity contribution in [2.24, 2.45) is 0 Å². The van der Waals surface area contributed by atoms with Gasteiger partial charge in [0.25, 0.3) is 0 Å². The van der Waals surface area contributed by atoms with E-state index in [4.69, 9.17) is 4.74 Å². The number of ether oxygens (including phenoxy) is 1. The number of aliphatic hydroxyl groups is 1. The number of carbonyl (C=O) groups excluding carboxylic acids is 1. The van der Waals surface area contributed by atoms with Crippen LogP contribution < -0.4 is 5.32 Å². The molecule has 2 rings (SSSR count). The van der Waals surface area contributed by atoms with E-state index < -0.39 is 6.10 Å². The molecule has 0 radical (unpaired) electrons. The molecule has 0 unspecified atom stereocenters. The summed E-state index contributed by atoms with van der Waals surface area (Å²) in [5, 5.41) is 15.0. The van der Waals surface area contributed by atoms with Crippen molar-refractivity contribution in [2.45, 2.75) is 19.4 Å². The molecule has 0 fully saturated rings. The zero-order valence-corrected chi connectivity index (χ0v) is 12.2. The van der Waals surface area contributed by atoms with Crippen LogP contribution in [0.2, 0.25) is 0 Å². The standard InChI is InChI=1S/C17H21NO3/c1-2-9-21-12-17(20)18-11-16(19)15-8-7-13-5-3-4-6-14(13)10-15/h3-8,10,16,19H,2,9,11-12H2,1H3,(H,18,20)/t16-/m1/s1. The summed E-state index contributed by atoms with van der Waals surface area (Å²) in [5.41, 5.74) is 0.795. The van der Waals surface area contributed by atoms with Crippen LogP contribution in [-0.2, 0) is 9.53 Å². The van der Waals surface area contributed by atoms with Gasteiger partial charge in [-0.05, 0) is 28.8 Å². The first-order valence-corrected chi connectivity index (χ1v) is 7.22. The van der Waals surface area contributed by atoms with E-state index in [2.05, 4.69) is 5.32 Å². The molecule has 112 valence electrons. The highest BCUT2D eigenvalue weighted by Crippen LogP contribution is 2.19. The Balaban J connectivity index is 1.89. The summed E-state index contributed by atoms with van der Waals surface area (Å²) in [5.74, 6) is -0.205. The molecule has 0 heterocycles. The van der Waals surface area contributed by atoms with Crippen LogP contribution in [0.25, 0.3) is 10.8 Å². The first kappa shape index (κ1) is 15.5. The van der Waals surface area contributed by atoms with Crippen LogP contribution in [0.15, 0.2) is 42.5 Å². The molecule has 2 aromatic carbocycles. The quantitative estimate of drug-likeness (QED) is 0.769. The first-order valence-electron chi connectivity index (χ1n) is 7.22.